The van der Waals surface area contributed by atoms with E-state index in [9.17, 15) is 4.79 Å². The Balaban J connectivity index is 2.34. The van der Waals surface area contributed by atoms with E-state index in [-0.39, 0.29) is 5.69 Å². The average molecular weight is 232 g/mol. The van der Waals surface area contributed by atoms with Gasteiger partial charge in [-0.05, 0) is 26.0 Å². The minimum Gasteiger partial charge on any atom is -0.461 e. The van der Waals surface area contributed by atoms with E-state index in [1.807, 2.05) is 6.07 Å². The number of aryl methyl sites for hydroxylation is 1. The van der Waals surface area contributed by atoms with Crippen LogP contribution < -0.4 is 0 Å². The minimum absolute atomic E-state index is 0.201. The van der Waals surface area contributed by atoms with Crippen LogP contribution in [0.3, 0.4) is 0 Å². The van der Waals surface area contributed by atoms with E-state index in [1.165, 1.54) is 0 Å². The molecule has 0 amide bonds. The summed E-state index contributed by atoms with van der Waals surface area (Å²) in [7, 11) is 0. The monoisotopic (exact) mass is 232 g/mol. The van der Waals surface area contributed by atoms with Crippen LogP contribution in [0.5, 0.6) is 0 Å². The zero-order valence-electron chi connectivity index (χ0n) is 9.64. The van der Waals surface area contributed by atoms with Gasteiger partial charge in [0, 0.05) is 6.20 Å². The van der Waals surface area contributed by atoms with Crippen LogP contribution in [0.15, 0.2) is 28.8 Å². The molecular weight excluding hydrogens is 220 g/mol. The van der Waals surface area contributed by atoms with Gasteiger partial charge in [-0.2, -0.15) is 0 Å². The number of hydrogen-bond acceptors (Lipinski definition) is 5. The summed E-state index contributed by atoms with van der Waals surface area (Å²) in [5.41, 5.74) is 0.790. The second-order valence-electron chi connectivity index (χ2n) is 3.36. The van der Waals surface area contributed by atoms with E-state index in [4.69, 9.17) is 9.15 Å². The highest BCUT2D eigenvalue weighted by Gasteiger charge is 2.19. The van der Waals surface area contributed by atoms with Crippen LogP contribution in [-0.2, 0) is 4.74 Å². The predicted octanol–water partition coefficient (Wildman–Crippen LogP) is 2.22. The zero-order valence-corrected chi connectivity index (χ0v) is 9.64. The van der Waals surface area contributed by atoms with E-state index in [0.29, 0.717) is 24.0 Å². The van der Waals surface area contributed by atoms with Crippen molar-refractivity contribution in [3.8, 4) is 11.6 Å². The van der Waals surface area contributed by atoms with E-state index < -0.39 is 5.97 Å². The van der Waals surface area contributed by atoms with Gasteiger partial charge in [-0.15, -0.1) is 0 Å². The fourth-order valence-corrected chi connectivity index (χ4v) is 1.38. The van der Waals surface area contributed by atoms with Gasteiger partial charge >= 0.3 is 5.97 Å². The molecule has 0 atom stereocenters. The molecule has 2 aromatic heterocycles. The fourth-order valence-electron chi connectivity index (χ4n) is 1.38. The Morgan fingerprint density at radius 3 is 2.94 bits per heavy atom. The summed E-state index contributed by atoms with van der Waals surface area (Å²) in [6, 6.07) is 5.39. The zero-order chi connectivity index (χ0) is 12.3. The fraction of sp³-hybridized carbons (Fsp3) is 0.250. The van der Waals surface area contributed by atoms with Crippen molar-refractivity contribution in [1.29, 1.82) is 0 Å². The van der Waals surface area contributed by atoms with Crippen molar-refractivity contribution in [2.24, 2.45) is 0 Å². The van der Waals surface area contributed by atoms with Crippen LogP contribution in [0, 0.1) is 6.92 Å². The number of rotatable bonds is 3. The van der Waals surface area contributed by atoms with Crippen LogP contribution in [-0.4, -0.2) is 22.5 Å². The molecule has 0 aliphatic rings. The SMILES string of the molecule is CCOC(=O)c1nc(-c2ccccn2)oc1C. The molecule has 0 saturated carbocycles. The topological polar surface area (TPSA) is 65.2 Å². The largest absolute Gasteiger partial charge is 0.461 e. The molecule has 2 rings (SSSR count). The molecular formula is C12H12N2O3. The summed E-state index contributed by atoms with van der Waals surface area (Å²) in [5.74, 6) is 0.284. The standard InChI is InChI=1S/C12H12N2O3/c1-3-16-12(15)10-8(2)17-11(14-10)9-6-4-5-7-13-9/h4-7H,3H2,1-2H3. The molecule has 2 heterocycles. The first-order chi connectivity index (χ1) is 8.22. The Kier molecular flexibility index (Phi) is 3.18. The molecule has 17 heavy (non-hydrogen) atoms. The van der Waals surface area contributed by atoms with E-state index in [0.717, 1.165) is 0 Å². The Morgan fingerprint density at radius 2 is 2.29 bits per heavy atom. The Labute approximate surface area is 98.5 Å². The summed E-state index contributed by atoms with van der Waals surface area (Å²) in [6.07, 6.45) is 1.64. The van der Waals surface area contributed by atoms with Crippen LogP contribution in [0.2, 0.25) is 0 Å². The third kappa shape index (κ3) is 2.33. The molecule has 0 saturated heterocycles. The van der Waals surface area contributed by atoms with E-state index in [1.54, 1.807) is 32.2 Å². The van der Waals surface area contributed by atoms with Gasteiger partial charge in [0.25, 0.3) is 0 Å². The summed E-state index contributed by atoms with van der Waals surface area (Å²) < 4.78 is 10.3. The molecule has 0 radical (unpaired) electrons. The molecule has 2 aromatic rings. The van der Waals surface area contributed by atoms with Gasteiger partial charge < -0.3 is 9.15 Å². The highest BCUT2D eigenvalue weighted by molar-refractivity contribution is 5.88. The second-order valence-corrected chi connectivity index (χ2v) is 3.36. The minimum atomic E-state index is -0.476. The first kappa shape index (κ1) is 11.3. The number of aromatic nitrogens is 2. The van der Waals surface area contributed by atoms with Crippen molar-refractivity contribution < 1.29 is 13.9 Å². The van der Waals surface area contributed by atoms with Crippen LogP contribution in [0.25, 0.3) is 11.6 Å². The predicted molar refractivity (Wildman–Crippen MR) is 60.4 cm³/mol. The first-order valence-electron chi connectivity index (χ1n) is 5.28. The van der Waals surface area contributed by atoms with Gasteiger partial charge in [0.15, 0.2) is 5.69 Å². The number of hydrogen-bond donors (Lipinski definition) is 0. The normalized spacial score (nSPS) is 10.2. The molecule has 0 aliphatic carbocycles. The molecule has 5 heteroatoms. The molecule has 0 N–H and O–H groups in total. The Bertz CT molecular complexity index is 520. The van der Waals surface area contributed by atoms with Gasteiger partial charge in [-0.25, -0.2) is 9.78 Å². The van der Waals surface area contributed by atoms with Crippen molar-refractivity contribution in [3.05, 3.63) is 35.9 Å². The van der Waals surface area contributed by atoms with Gasteiger partial charge in [0.05, 0.1) is 6.61 Å². The number of pyridine rings is 1. The smallest absolute Gasteiger partial charge is 0.360 e. The maximum absolute atomic E-state index is 11.5. The van der Waals surface area contributed by atoms with Gasteiger partial charge in [0.2, 0.25) is 5.89 Å². The maximum atomic E-state index is 11.5. The summed E-state index contributed by atoms with van der Waals surface area (Å²) in [5, 5.41) is 0. The average Bonchev–Trinajstić information content (AvgIpc) is 2.73. The van der Waals surface area contributed by atoms with Crippen LogP contribution in [0.1, 0.15) is 23.2 Å². The molecule has 0 spiro atoms. The van der Waals surface area contributed by atoms with E-state index >= 15 is 0 Å². The molecule has 0 aromatic carbocycles. The third-order valence-corrected chi connectivity index (χ3v) is 2.15. The Hall–Kier alpha value is -2.17. The number of esters is 1. The molecule has 5 nitrogen and oxygen atoms in total. The lowest BCUT2D eigenvalue weighted by molar-refractivity contribution is 0.0518. The maximum Gasteiger partial charge on any atom is 0.360 e. The second kappa shape index (κ2) is 4.78. The van der Waals surface area contributed by atoms with Crippen LogP contribution >= 0.6 is 0 Å². The quantitative estimate of drug-likeness (QED) is 0.759. The summed E-state index contributed by atoms with van der Waals surface area (Å²) >= 11 is 0. The highest BCUT2D eigenvalue weighted by Crippen LogP contribution is 2.19. The third-order valence-electron chi connectivity index (χ3n) is 2.15. The molecule has 88 valence electrons. The number of oxazole rings is 1. The lowest BCUT2D eigenvalue weighted by Gasteiger charge is -1.96. The van der Waals surface area contributed by atoms with Gasteiger partial charge in [-0.1, -0.05) is 6.07 Å². The van der Waals surface area contributed by atoms with Crippen molar-refractivity contribution in [1.82, 2.24) is 9.97 Å². The first-order valence-corrected chi connectivity index (χ1v) is 5.28. The summed E-state index contributed by atoms with van der Waals surface area (Å²) in [6.45, 7) is 3.72. The van der Waals surface area contributed by atoms with Gasteiger partial charge in [0.1, 0.15) is 11.5 Å². The molecule has 0 fully saturated rings. The van der Waals surface area contributed by atoms with Crippen molar-refractivity contribution in [3.63, 3.8) is 0 Å². The molecule has 0 unspecified atom stereocenters. The Morgan fingerprint density at radius 1 is 1.47 bits per heavy atom. The number of carbonyl (C=O) groups is 1. The lowest BCUT2D eigenvalue weighted by Crippen LogP contribution is -2.06. The number of carbonyl (C=O) groups excluding carboxylic acids is 1. The molecule has 0 aliphatic heterocycles. The van der Waals surface area contributed by atoms with E-state index in [2.05, 4.69) is 9.97 Å². The van der Waals surface area contributed by atoms with Crippen molar-refractivity contribution in [2.45, 2.75) is 13.8 Å². The van der Waals surface area contributed by atoms with Crippen molar-refractivity contribution >= 4 is 5.97 Å². The molecule has 0 bridgehead atoms. The summed E-state index contributed by atoms with van der Waals surface area (Å²) in [4.78, 5) is 19.7. The van der Waals surface area contributed by atoms with Gasteiger partial charge in [-0.3, -0.25) is 4.98 Å². The van der Waals surface area contributed by atoms with Crippen LogP contribution in [0.4, 0.5) is 0 Å². The highest BCUT2D eigenvalue weighted by atomic mass is 16.5. The lowest BCUT2D eigenvalue weighted by atomic mass is 10.3. The number of nitrogens with zero attached hydrogens (tertiary/aromatic N) is 2. The van der Waals surface area contributed by atoms with Crippen molar-refractivity contribution in [2.75, 3.05) is 6.61 Å². The number of ether oxygens (including phenoxy) is 1.